The summed E-state index contributed by atoms with van der Waals surface area (Å²) in [5.74, 6) is 0.504. The molecule has 0 aliphatic rings. The van der Waals surface area contributed by atoms with Crippen LogP contribution in [-0.2, 0) is 5.54 Å². The highest BCUT2D eigenvalue weighted by molar-refractivity contribution is 5.28. The third-order valence-corrected chi connectivity index (χ3v) is 3.28. The van der Waals surface area contributed by atoms with Gasteiger partial charge in [0, 0.05) is 5.54 Å². The molecule has 1 rings (SSSR count). The Morgan fingerprint density at radius 2 is 2.07 bits per heavy atom. The van der Waals surface area contributed by atoms with Gasteiger partial charge in [0.2, 0.25) is 0 Å². The van der Waals surface area contributed by atoms with E-state index in [4.69, 9.17) is 5.73 Å². The SMILES string of the molecule is CCC(C)C(C)(N)c1cccc(C)c1. The third-order valence-electron chi connectivity index (χ3n) is 3.28. The first-order chi connectivity index (χ1) is 6.48. The molecular weight excluding hydrogens is 170 g/mol. The Bertz CT molecular complexity index is 302. The highest BCUT2D eigenvalue weighted by atomic mass is 14.7. The Labute approximate surface area is 87.3 Å². The zero-order valence-corrected chi connectivity index (χ0v) is 9.67. The van der Waals surface area contributed by atoms with E-state index in [9.17, 15) is 0 Å². The second-order valence-corrected chi connectivity index (χ2v) is 4.46. The first kappa shape index (κ1) is 11.3. The maximum absolute atomic E-state index is 6.36. The Kier molecular flexibility index (Phi) is 3.33. The molecule has 0 aromatic heterocycles. The monoisotopic (exact) mass is 191 g/mol. The lowest BCUT2D eigenvalue weighted by molar-refractivity contribution is 0.316. The molecule has 1 aromatic rings. The fraction of sp³-hybridized carbons (Fsp3) is 0.538. The minimum absolute atomic E-state index is 0.208. The summed E-state index contributed by atoms with van der Waals surface area (Å²) >= 11 is 0. The zero-order valence-electron chi connectivity index (χ0n) is 9.67. The molecule has 1 heteroatoms. The molecule has 0 saturated heterocycles. The maximum atomic E-state index is 6.36. The second-order valence-electron chi connectivity index (χ2n) is 4.46. The van der Waals surface area contributed by atoms with Gasteiger partial charge in [0.25, 0.3) is 0 Å². The van der Waals surface area contributed by atoms with Gasteiger partial charge in [-0.25, -0.2) is 0 Å². The van der Waals surface area contributed by atoms with Crippen LogP contribution in [0.4, 0.5) is 0 Å². The summed E-state index contributed by atoms with van der Waals surface area (Å²) in [5, 5.41) is 0. The van der Waals surface area contributed by atoms with Crippen LogP contribution in [-0.4, -0.2) is 0 Å². The molecule has 0 bridgehead atoms. The molecule has 0 fully saturated rings. The van der Waals surface area contributed by atoms with Crippen molar-refractivity contribution in [3.05, 3.63) is 35.4 Å². The number of nitrogens with two attached hydrogens (primary N) is 1. The summed E-state index contributed by atoms with van der Waals surface area (Å²) in [7, 11) is 0. The first-order valence-electron chi connectivity index (χ1n) is 5.34. The van der Waals surface area contributed by atoms with Crippen LogP contribution in [0.1, 0.15) is 38.3 Å². The topological polar surface area (TPSA) is 26.0 Å². The van der Waals surface area contributed by atoms with Crippen molar-refractivity contribution < 1.29 is 0 Å². The highest BCUT2D eigenvalue weighted by Crippen LogP contribution is 2.28. The minimum atomic E-state index is -0.208. The van der Waals surface area contributed by atoms with Gasteiger partial charge in [-0.2, -0.15) is 0 Å². The van der Waals surface area contributed by atoms with Crippen LogP contribution >= 0.6 is 0 Å². The summed E-state index contributed by atoms with van der Waals surface area (Å²) in [6.07, 6.45) is 1.11. The molecule has 0 aliphatic carbocycles. The van der Waals surface area contributed by atoms with Crippen molar-refractivity contribution in [3.63, 3.8) is 0 Å². The number of benzene rings is 1. The van der Waals surface area contributed by atoms with Crippen molar-refractivity contribution in [2.75, 3.05) is 0 Å². The lowest BCUT2D eigenvalue weighted by Crippen LogP contribution is -2.39. The predicted molar refractivity (Wildman–Crippen MR) is 62.2 cm³/mol. The Balaban J connectivity index is 3.03. The fourth-order valence-corrected chi connectivity index (χ4v) is 1.69. The third kappa shape index (κ3) is 2.16. The van der Waals surface area contributed by atoms with Crippen LogP contribution in [0.15, 0.2) is 24.3 Å². The van der Waals surface area contributed by atoms with Crippen molar-refractivity contribution in [1.29, 1.82) is 0 Å². The predicted octanol–water partition coefficient (Wildman–Crippen LogP) is 3.22. The van der Waals surface area contributed by atoms with Gasteiger partial charge < -0.3 is 5.73 Å². The summed E-state index contributed by atoms with van der Waals surface area (Å²) in [6, 6.07) is 8.50. The molecule has 1 nitrogen and oxygen atoms in total. The fourth-order valence-electron chi connectivity index (χ4n) is 1.69. The average Bonchev–Trinajstić information content (AvgIpc) is 2.16. The summed E-state index contributed by atoms with van der Waals surface area (Å²) < 4.78 is 0. The van der Waals surface area contributed by atoms with Crippen molar-refractivity contribution in [1.82, 2.24) is 0 Å². The molecule has 2 unspecified atom stereocenters. The number of rotatable bonds is 3. The molecule has 0 saturated carbocycles. The summed E-state index contributed by atoms with van der Waals surface area (Å²) in [5.41, 5.74) is 8.68. The summed E-state index contributed by atoms with van der Waals surface area (Å²) in [6.45, 7) is 8.63. The van der Waals surface area contributed by atoms with E-state index >= 15 is 0 Å². The molecule has 0 amide bonds. The molecule has 1 aromatic carbocycles. The van der Waals surface area contributed by atoms with Crippen LogP contribution in [0.5, 0.6) is 0 Å². The zero-order chi connectivity index (χ0) is 10.8. The van der Waals surface area contributed by atoms with E-state index in [2.05, 4.69) is 52.0 Å². The van der Waals surface area contributed by atoms with Gasteiger partial charge in [-0.15, -0.1) is 0 Å². The molecule has 0 aliphatic heterocycles. The van der Waals surface area contributed by atoms with E-state index in [0.717, 1.165) is 6.42 Å². The van der Waals surface area contributed by atoms with Gasteiger partial charge in [-0.1, -0.05) is 50.1 Å². The van der Waals surface area contributed by atoms with Crippen molar-refractivity contribution >= 4 is 0 Å². The van der Waals surface area contributed by atoms with Crippen LogP contribution in [0.3, 0.4) is 0 Å². The van der Waals surface area contributed by atoms with Crippen LogP contribution in [0.25, 0.3) is 0 Å². The molecule has 0 heterocycles. The van der Waals surface area contributed by atoms with E-state index in [0.29, 0.717) is 5.92 Å². The van der Waals surface area contributed by atoms with Crippen molar-refractivity contribution in [2.45, 2.75) is 39.7 Å². The number of aryl methyl sites for hydroxylation is 1. The van der Waals surface area contributed by atoms with E-state index in [-0.39, 0.29) is 5.54 Å². The standard InChI is InChI=1S/C13H21N/c1-5-11(3)13(4,14)12-8-6-7-10(2)9-12/h6-9,11H,5,14H2,1-4H3. The Morgan fingerprint density at radius 3 is 2.57 bits per heavy atom. The van der Waals surface area contributed by atoms with E-state index in [1.165, 1.54) is 11.1 Å². The molecule has 14 heavy (non-hydrogen) atoms. The van der Waals surface area contributed by atoms with E-state index < -0.39 is 0 Å². The van der Waals surface area contributed by atoms with Crippen molar-refractivity contribution in [3.8, 4) is 0 Å². The van der Waals surface area contributed by atoms with Gasteiger partial charge in [-0.3, -0.25) is 0 Å². The number of hydrogen-bond acceptors (Lipinski definition) is 1. The van der Waals surface area contributed by atoms with Gasteiger partial charge in [-0.05, 0) is 25.3 Å². The quantitative estimate of drug-likeness (QED) is 0.780. The maximum Gasteiger partial charge on any atom is 0.0406 e. The van der Waals surface area contributed by atoms with Gasteiger partial charge >= 0.3 is 0 Å². The average molecular weight is 191 g/mol. The number of hydrogen-bond donors (Lipinski definition) is 1. The van der Waals surface area contributed by atoms with Gasteiger partial charge in [0.1, 0.15) is 0 Å². The highest BCUT2D eigenvalue weighted by Gasteiger charge is 2.26. The van der Waals surface area contributed by atoms with Gasteiger partial charge in [0.15, 0.2) is 0 Å². The van der Waals surface area contributed by atoms with Crippen LogP contribution < -0.4 is 5.73 Å². The smallest absolute Gasteiger partial charge is 0.0406 e. The van der Waals surface area contributed by atoms with E-state index in [1.54, 1.807) is 0 Å². The van der Waals surface area contributed by atoms with Gasteiger partial charge in [0.05, 0.1) is 0 Å². The lowest BCUT2D eigenvalue weighted by Gasteiger charge is -2.31. The van der Waals surface area contributed by atoms with E-state index in [1.807, 2.05) is 0 Å². The second kappa shape index (κ2) is 4.14. The molecular formula is C13H21N. The molecule has 2 N–H and O–H groups in total. The molecule has 2 atom stereocenters. The largest absolute Gasteiger partial charge is 0.321 e. The normalized spacial score (nSPS) is 17.5. The first-order valence-corrected chi connectivity index (χ1v) is 5.34. The van der Waals surface area contributed by atoms with Crippen molar-refractivity contribution in [2.24, 2.45) is 11.7 Å². The lowest BCUT2D eigenvalue weighted by atomic mass is 9.80. The Morgan fingerprint density at radius 1 is 1.43 bits per heavy atom. The molecule has 78 valence electrons. The van der Waals surface area contributed by atoms with Crippen LogP contribution in [0.2, 0.25) is 0 Å². The van der Waals surface area contributed by atoms with Crippen LogP contribution in [0, 0.1) is 12.8 Å². The minimum Gasteiger partial charge on any atom is -0.321 e. The molecule has 0 radical (unpaired) electrons. The molecule has 0 spiro atoms. The Hall–Kier alpha value is -0.820. The summed E-state index contributed by atoms with van der Waals surface area (Å²) in [4.78, 5) is 0.